The molecule has 3 nitrogen and oxygen atoms in total. The first-order chi connectivity index (χ1) is 12.5. The summed E-state index contributed by atoms with van der Waals surface area (Å²) in [7, 11) is 0. The number of ether oxygens (including phenoxy) is 1. The van der Waals surface area contributed by atoms with Gasteiger partial charge in [-0.1, -0.05) is 18.2 Å². The molecule has 0 saturated carbocycles. The first-order valence-electron chi connectivity index (χ1n) is 8.64. The Morgan fingerprint density at radius 2 is 2.08 bits per heavy atom. The summed E-state index contributed by atoms with van der Waals surface area (Å²) in [6, 6.07) is 10.6. The number of nitrogens with one attached hydrogen (secondary N) is 1. The van der Waals surface area contributed by atoms with Crippen molar-refractivity contribution in [2.45, 2.75) is 36.8 Å². The summed E-state index contributed by atoms with van der Waals surface area (Å²) in [5.74, 6) is -1.25. The van der Waals surface area contributed by atoms with Gasteiger partial charge in [0.25, 0.3) is 5.91 Å². The van der Waals surface area contributed by atoms with Crippen LogP contribution in [0.3, 0.4) is 0 Å². The summed E-state index contributed by atoms with van der Waals surface area (Å²) >= 11 is 1.60. The van der Waals surface area contributed by atoms with E-state index in [1.54, 1.807) is 24.8 Å². The molecule has 1 aliphatic rings. The molecule has 0 radical (unpaired) electrons. The summed E-state index contributed by atoms with van der Waals surface area (Å²) in [6.45, 7) is 2.55. The lowest BCUT2D eigenvalue weighted by molar-refractivity contribution is 0.0936. The second-order valence-corrected chi connectivity index (χ2v) is 7.37. The molecule has 2 unspecified atom stereocenters. The largest absolute Gasteiger partial charge is 0.377 e. The van der Waals surface area contributed by atoms with E-state index in [1.165, 1.54) is 6.07 Å². The van der Waals surface area contributed by atoms with Crippen LogP contribution in [0.1, 0.15) is 41.7 Å². The zero-order valence-corrected chi connectivity index (χ0v) is 15.3. The molecule has 1 fully saturated rings. The van der Waals surface area contributed by atoms with E-state index in [4.69, 9.17) is 4.74 Å². The lowest BCUT2D eigenvalue weighted by atomic mass is 10.1. The molecule has 3 rings (SSSR count). The van der Waals surface area contributed by atoms with Crippen molar-refractivity contribution in [2.75, 3.05) is 12.4 Å². The molecule has 138 valence electrons. The lowest BCUT2D eigenvalue weighted by Crippen LogP contribution is -2.27. The molecule has 0 aliphatic carbocycles. The van der Waals surface area contributed by atoms with Gasteiger partial charge in [0, 0.05) is 17.3 Å². The number of carbonyl (C=O) groups excluding carboxylic acids is 1. The number of thioether (sulfide) groups is 1. The molecule has 1 N–H and O–H groups in total. The number of amides is 1. The Balaban J connectivity index is 1.67. The number of halogens is 2. The second kappa shape index (κ2) is 8.64. The van der Waals surface area contributed by atoms with Gasteiger partial charge in [0.05, 0.1) is 17.7 Å². The minimum atomic E-state index is -0.920. The second-order valence-electron chi connectivity index (χ2n) is 6.31. The fourth-order valence-corrected chi connectivity index (χ4v) is 4.00. The van der Waals surface area contributed by atoms with E-state index < -0.39 is 17.7 Å². The van der Waals surface area contributed by atoms with Crippen LogP contribution in [-0.4, -0.2) is 24.4 Å². The number of carbonyl (C=O) groups is 1. The van der Waals surface area contributed by atoms with Gasteiger partial charge in [-0.2, -0.15) is 0 Å². The molecule has 26 heavy (non-hydrogen) atoms. The number of rotatable bonds is 6. The molecule has 0 aromatic heterocycles. The highest BCUT2D eigenvalue weighted by molar-refractivity contribution is 7.99. The quantitative estimate of drug-likeness (QED) is 0.740. The molecular formula is C20H21F2NO2S. The van der Waals surface area contributed by atoms with E-state index in [0.717, 1.165) is 42.2 Å². The van der Waals surface area contributed by atoms with Crippen LogP contribution < -0.4 is 5.32 Å². The van der Waals surface area contributed by atoms with Crippen molar-refractivity contribution >= 4 is 17.7 Å². The summed E-state index contributed by atoms with van der Waals surface area (Å²) in [5.41, 5.74) is 1.09. The minimum absolute atomic E-state index is 0.234. The number of hydrogen-bond donors (Lipinski definition) is 1. The Labute approximate surface area is 156 Å². The Bertz CT molecular complexity index is 778. The van der Waals surface area contributed by atoms with Gasteiger partial charge in [-0.3, -0.25) is 4.79 Å². The standard InChI is InChI=1S/C20H21F2NO2S/c1-13(14-8-9-17(21)18(22)11-14)23-20(24)16-6-2-3-7-19(16)26-12-15-5-4-10-25-15/h2-3,6-9,11,13,15H,4-5,10,12H2,1H3,(H,23,24). The fraction of sp³-hybridized carbons (Fsp3) is 0.350. The topological polar surface area (TPSA) is 38.3 Å². The smallest absolute Gasteiger partial charge is 0.252 e. The van der Waals surface area contributed by atoms with Gasteiger partial charge >= 0.3 is 0 Å². The molecule has 1 saturated heterocycles. The van der Waals surface area contributed by atoms with E-state index in [0.29, 0.717) is 11.1 Å². The van der Waals surface area contributed by atoms with E-state index in [-0.39, 0.29) is 12.0 Å². The van der Waals surface area contributed by atoms with Crippen LogP contribution in [0.4, 0.5) is 8.78 Å². The van der Waals surface area contributed by atoms with E-state index in [9.17, 15) is 13.6 Å². The summed E-state index contributed by atoms with van der Waals surface area (Å²) in [6.07, 6.45) is 2.37. The third-order valence-corrected chi connectivity index (χ3v) is 5.58. The third-order valence-electron chi connectivity index (χ3n) is 4.37. The Hall–Kier alpha value is -1.92. The molecule has 1 aliphatic heterocycles. The normalized spacial score (nSPS) is 17.9. The minimum Gasteiger partial charge on any atom is -0.377 e. The van der Waals surface area contributed by atoms with Crippen LogP contribution in [0.2, 0.25) is 0 Å². The molecule has 6 heteroatoms. The average Bonchev–Trinajstić information content (AvgIpc) is 3.16. The Morgan fingerprint density at radius 1 is 1.27 bits per heavy atom. The number of hydrogen-bond acceptors (Lipinski definition) is 3. The summed E-state index contributed by atoms with van der Waals surface area (Å²) in [5, 5.41) is 2.85. The highest BCUT2D eigenvalue weighted by Crippen LogP contribution is 2.27. The van der Waals surface area contributed by atoms with E-state index >= 15 is 0 Å². The Kier molecular flexibility index (Phi) is 6.27. The number of benzene rings is 2. The molecule has 1 heterocycles. The van der Waals surface area contributed by atoms with Crippen molar-refractivity contribution in [2.24, 2.45) is 0 Å². The van der Waals surface area contributed by atoms with E-state index in [2.05, 4.69) is 5.32 Å². The first-order valence-corrected chi connectivity index (χ1v) is 9.62. The zero-order chi connectivity index (χ0) is 18.5. The van der Waals surface area contributed by atoms with Crippen molar-refractivity contribution < 1.29 is 18.3 Å². The van der Waals surface area contributed by atoms with Crippen molar-refractivity contribution in [3.63, 3.8) is 0 Å². The van der Waals surface area contributed by atoms with Crippen molar-refractivity contribution in [3.05, 3.63) is 65.2 Å². The van der Waals surface area contributed by atoms with Crippen molar-refractivity contribution in [3.8, 4) is 0 Å². The molecule has 1 amide bonds. The van der Waals surface area contributed by atoms with Crippen LogP contribution >= 0.6 is 11.8 Å². The van der Waals surface area contributed by atoms with Crippen LogP contribution in [0.5, 0.6) is 0 Å². The molecule has 2 aromatic carbocycles. The van der Waals surface area contributed by atoms with Crippen LogP contribution in [-0.2, 0) is 4.74 Å². The molecule has 2 aromatic rings. The van der Waals surface area contributed by atoms with Gasteiger partial charge in [0.1, 0.15) is 0 Å². The predicted octanol–water partition coefficient (Wildman–Crippen LogP) is 4.73. The SMILES string of the molecule is CC(NC(=O)c1ccccc1SCC1CCCO1)c1ccc(F)c(F)c1. The van der Waals surface area contributed by atoms with Gasteiger partial charge in [-0.05, 0) is 49.6 Å². The Morgan fingerprint density at radius 3 is 2.81 bits per heavy atom. The summed E-state index contributed by atoms with van der Waals surface area (Å²) in [4.78, 5) is 13.6. The maximum atomic E-state index is 13.4. The average molecular weight is 377 g/mol. The predicted molar refractivity (Wildman–Crippen MR) is 98.4 cm³/mol. The first kappa shape index (κ1) is 18.9. The fourth-order valence-electron chi connectivity index (χ4n) is 2.88. The highest BCUT2D eigenvalue weighted by atomic mass is 32.2. The maximum Gasteiger partial charge on any atom is 0.252 e. The van der Waals surface area contributed by atoms with E-state index in [1.807, 2.05) is 18.2 Å². The van der Waals surface area contributed by atoms with Gasteiger partial charge in [-0.25, -0.2) is 8.78 Å². The monoisotopic (exact) mass is 377 g/mol. The van der Waals surface area contributed by atoms with Crippen LogP contribution in [0.25, 0.3) is 0 Å². The van der Waals surface area contributed by atoms with Crippen LogP contribution in [0, 0.1) is 11.6 Å². The molecule has 0 bridgehead atoms. The lowest BCUT2D eigenvalue weighted by Gasteiger charge is -2.17. The zero-order valence-electron chi connectivity index (χ0n) is 14.5. The molecule has 2 atom stereocenters. The summed E-state index contributed by atoms with van der Waals surface area (Å²) < 4.78 is 32.1. The van der Waals surface area contributed by atoms with Gasteiger partial charge in [-0.15, -0.1) is 11.8 Å². The van der Waals surface area contributed by atoms with Crippen molar-refractivity contribution in [1.29, 1.82) is 0 Å². The van der Waals surface area contributed by atoms with Gasteiger partial charge in [0.15, 0.2) is 11.6 Å². The third kappa shape index (κ3) is 4.62. The van der Waals surface area contributed by atoms with Crippen molar-refractivity contribution in [1.82, 2.24) is 5.32 Å². The highest BCUT2D eigenvalue weighted by Gasteiger charge is 2.19. The van der Waals surface area contributed by atoms with Gasteiger partial charge in [0.2, 0.25) is 0 Å². The van der Waals surface area contributed by atoms with Gasteiger partial charge < -0.3 is 10.1 Å². The molecule has 0 spiro atoms. The van der Waals surface area contributed by atoms with Crippen LogP contribution in [0.15, 0.2) is 47.4 Å². The maximum absolute atomic E-state index is 13.4. The molecular weight excluding hydrogens is 356 g/mol.